The van der Waals surface area contributed by atoms with Crippen molar-refractivity contribution in [1.29, 1.82) is 0 Å². The molecule has 158 valence electrons. The Bertz CT molecular complexity index is 1080. The molecule has 2 aromatic carbocycles. The number of amides is 2. The number of hydrogen-bond acceptors (Lipinski definition) is 6. The highest BCUT2D eigenvalue weighted by molar-refractivity contribution is 7.89. The van der Waals surface area contributed by atoms with Gasteiger partial charge in [-0.2, -0.15) is 4.31 Å². The molecule has 0 bridgehead atoms. The van der Waals surface area contributed by atoms with Crippen LogP contribution >= 0.6 is 0 Å². The van der Waals surface area contributed by atoms with Crippen molar-refractivity contribution in [2.75, 3.05) is 50.2 Å². The van der Waals surface area contributed by atoms with Gasteiger partial charge in [0.1, 0.15) is 5.75 Å². The van der Waals surface area contributed by atoms with E-state index in [1.165, 1.54) is 33.5 Å². The maximum Gasteiger partial charge on any atom is 0.264 e. The molecule has 0 aliphatic carbocycles. The number of nitrogens with zero attached hydrogens (tertiary/aromatic N) is 2. The lowest BCUT2D eigenvalue weighted by atomic mass is 10.2. The van der Waals surface area contributed by atoms with Crippen LogP contribution in [-0.4, -0.2) is 64.5 Å². The summed E-state index contributed by atoms with van der Waals surface area (Å²) in [5.74, 6) is -0.0289. The molecule has 0 unspecified atom stereocenters. The molecule has 2 aliphatic heterocycles. The van der Waals surface area contributed by atoms with Crippen LogP contribution in [0.4, 0.5) is 11.4 Å². The molecular weight excluding hydrogens is 410 g/mol. The highest BCUT2D eigenvalue weighted by Gasteiger charge is 2.26. The standard InChI is InChI=1S/C20H21N3O6S/c1-22-17-7-4-15(12-18(17)29-13-19(22)24)21-20(25)14-2-5-16(6-3-14)30(26,27)23-8-10-28-11-9-23/h2-7,12H,8-11,13H2,1H3,(H,21,25). The lowest BCUT2D eigenvalue weighted by Gasteiger charge is -2.26. The van der Waals surface area contributed by atoms with Crippen molar-refractivity contribution in [2.45, 2.75) is 4.90 Å². The van der Waals surface area contributed by atoms with Crippen molar-refractivity contribution >= 4 is 33.2 Å². The van der Waals surface area contributed by atoms with Gasteiger partial charge in [0, 0.05) is 37.5 Å². The van der Waals surface area contributed by atoms with Crippen molar-refractivity contribution in [1.82, 2.24) is 4.31 Å². The largest absolute Gasteiger partial charge is 0.481 e. The van der Waals surface area contributed by atoms with Gasteiger partial charge < -0.3 is 19.7 Å². The minimum absolute atomic E-state index is 0.0556. The molecule has 0 spiro atoms. The molecule has 9 nitrogen and oxygen atoms in total. The van der Waals surface area contributed by atoms with E-state index in [0.717, 1.165) is 0 Å². The third-order valence-electron chi connectivity index (χ3n) is 5.03. The van der Waals surface area contributed by atoms with Crippen molar-refractivity contribution in [3.8, 4) is 5.75 Å². The van der Waals surface area contributed by atoms with Crippen molar-refractivity contribution in [3.05, 3.63) is 48.0 Å². The molecule has 0 atom stereocenters. The topological polar surface area (TPSA) is 105 Å². The van der Waals surface area contributed by atoms with Gasteiger partial charge in [-0.3, -0.25) is 9.59 Å². The summed E-state index contributed by atoms with van der Waals surface area (Å²) in [7, 11) is -1.95. The molecule has 1 fully saturated rings. The van der Waals surface area contributed by atoms with Gasteiger partial charge in [-0.1, -0.05) is 0 Å². The van der Waals surface area contributed by atoms with E-state index >= 15 is 0 Å². The van der Waals surface area contributed by atoms with Gasteiger partial charge >= 0.3 is 0 Å². The monoisotopic (exact) mass is 431 g/mol. The fraction of sp³-hybridized carbons (Fsp3) is 0.300. The van der Waals surface area contributed by atoms with E-state index in [2.05, 4.69) is 5.32 Å². The van der Waals surface area contributed by atoms with Gasteiger partial charge in [0.05, 0.1) is 23.8 Å². The molecule has 0 radical (unpaired) electrons. The zero-order valence-corrected chi connectivity index (χ0v) is 17.1. The number of benzene rings is 2. The summed E-state index contributed by atoms with van der Waals surface area (Å²) in [4.78, 5) is 25.9. The molecule has 10 heteroatoms. The van der Waals surface area contributed by atoms with E-state index in [1.54, 1.807) is 25.2 Å². The Morgan fingerprint density at radius 1 is 1.07 bits per heavy atom. The average molecular weight is 431 g/mol. The third kappa shape index (κ3) is 3.89. The van der Waals surface area contributed by atoms with Crippen LogP contribution < -0.4 is 15.0 Å². The molecule has 1 saturated heterocycles. The molecule has 2 aromatic rings. The van der Waals surface area contributed by atoms with E-state index in [-0.39, 0.29) is 23.3 Å². The van der Waals surface area contributed by atoms with Crippen LogP contribution in [0.3, 0.4) is 0 Å². The lowest BCUT2D eigenvalue weighted by molar-refractivity contribution is -0.120. The number of ether oxygens (including phenoxy) is 2. The number of morpholine rings is 1. The summed E-state index contributed by atoms with van der Waals surface area (Å²) in [6.07, 6.45) is 0. The first-order chi connectivity index (χ1) is 14.4. The molecule has 30 heavy (non-hydrogen) atoms. The summed E-state index contributed by atoms with van der Waals surface area (Å²) in [6, 6.07) is 10.8. The summed E-state index contributed by atoms with van der Waals surface area (Å²) >= 11 is 0. The molecule has 0 aromatic heterocycles. The number of anilines is 2. The second kappa shape index (κ2) is 8.05. The van der Waals surface area contributed by atoms with Gasteiger partial charge in [0.15, 0.2) is 6.61 Å². The number of hydrogen-bond donors (Lipinski definition) is 1. The summed E-state index contributed by atoms with van der Waals surface area (Å²) < 4.78 is 37.3. The van der Waals surface area contributed by atoms with Gasteiger partial charge in [0.25, 0.3) is 11.8 Å². The Hall–Kier alpha value is -2.95. The van der Waals surface area contributed by atoms with E-state index in [1.807, 2.05) is 0 Å². The van der Waals surface area contributed by atoms with Gasteiger partial charge in [-0.15, -0.1) is 0 Å². The van der Waals surface area contributed by atoms with E-state index in [4.69, 9.17) is 9.47 Å². The second-order valence-electron chi connectivity index (χ2n) is 6.92. The molecule has 2 aliphatic rings. The Labute approximate surface area is 174 Å². The van der Waals surface area contributed by atoms with Crippen molar-refractivity contribution in [2.24, 2.45) is 0 Å². The Balaban J connectivity index is 1.47. The van der Waals surface area contributed by atoms with Crippen molar-refractivity contribution < 1.29 is 27.5 Å². The van der Waals surface area contributed by atoms with E-state index in [0.29, 0.717) is 49.0 Å². The number of likely N-dealkylation sites (N-methyl/N-ethyl adjacent to an activating group) is 1. The quantitative estimate of drug-likeness (QED) is 0.783. The Morgan fingerprint density at radius 2 is 1.77 bits per heavy atom. The lowest BCUT2D eigenvalue weighted by Crippen LogP contribution is -2.40. The molecule has 2 heterocycles. The van der Waals surface area contributed by atoms with Crippen LogP contribution in [0, 0.1) is 0 Å². The number of fused-ring (bicyclic) bond motifs is 1. The van der Waals surface area contributed by atoms with E-state index in [9.17, 15) is 18.0 Å². The maximum atomic E-state index is 12.7. The zero-order valence-electron chi connectivity index (χ0n) is 16.3. The maximum absolute atomic E-state index is 12.7. The SMILES string of the molecule is CN1C(=O)COc2cc(NC(=O)c3ccc(S(=O)(=O)N4CCOCC4)cc3)ccc21. The van der Waals surface area contributed by atoms with Gasteiger partial charge in [-0.25, -0.2) is 8.42 Å². The predicted molar refractivity (Wildman–Crippen MR) is 109 cm³/mol. The highest BCUT2D eigenvalue weighted by Crippen LogP contribution is 2.33. The van der Waals surface area contributed by atoms with Crippen LogP contribution in [0.1, 0.15) is 10.4 Å². The minimum atomic E-state index is -3.61. The number of nitrogens with one attached hydrogen (secondary N) is 1. The zero-order chi connectivity index (χ0) is 21.3. The van der Waals surface area contributed by atoms with Crippen LogP contribution in [0.5, 0.6) is 5.75 Å². The number of carbonyl (C=O) groups is 2. The normalized spacial score (nSPS) is 17.2. The molecule has 1 N–H and O–H groups in total. The first-order valence-electron chi connectivity index (χ1n) is 9.39. The molecular formula is C20H21N3O6S. The van der Waals surface area contributed by atoms with Gasteiger partial charge in [0.2, 0.25) is 10.0 Å². The predicted octanol–water partition coefficient (Wildman–Crippen LogP) is 1.32. The number of rotatable bonds is 4. The molecule has 2 amide bonds. The Morgan fingerprint density at radius 3 is 2.47 bits per heavy atom. The first-order valence-corrected chi connectivity index (χ1v) is 10.8. The first kappa shape index (κ1) is 20.3. The molecule has 4 rings (SSSR count). The van der Waals surface area contributed by atoms with Crippen LogP contribution in [0.15, 0.2) is 47.4 Å². The van der Waals surface area contributed by atoms with Crippen LogP contribution in [0.2, 0.25) is 0 Å². The number of sulfonamides is 1. The van der Waals surface area contributed by atoms with E-state index < -0.39 is 10.0 Å². The van der Waals surface area contributed by atoms with Crippen molar-refractivity contribution in [3.63, 3.8) is 0 Å². The smallest absolute Gasteiger partial charge is 0.264 e. The Kier molecular flexibility index (Phi) is 5.46. The number of carbonyl (C=O) groups excluding carboxylic acids is 2. The van der Waals surface area contributed by atoms with Gasteiger partial charge in [-0.05, 0) is 36.4 Å². The average Bonchev–Trinajstić information content (AvgIpc) is 2.77. The fourth-order valence-electron chi connectivity index (χ4n) is 3.27. The second-order valence-corrected chi connectivity index (χ2v) is 8.86. The minimum Gasteiger partial charge on any atom is -0.481 e. The summed E-state index contributed by atoms with van der Waals surface area (Å²) in [5.41, 5.74) is 1.45. The summed E-state index contributed by atoms with van der Waals surface area (Å²) in [6.45, 7) is 1.31. The summed E-state index contributed by atoms with van der Waals surface area (Å²) in [5, 5.41) is 2.76. The highest BCUT2D eigenvalue weighted by atomic mass is 32.2. The molecule has 0 saturated carbocycles. The fourth-order valence-corrected chi connectivity index (χ4v) is 4.68. The third-order valence-corrected chi connectivity index (χ3v) is 6.94. The van der Waals surface area contributed by atoms with Crippen LogP contribution in [-0.2, 0) is 19.6 Å². The van der Waals surface area contributed by atoms with Crippen LogP contribution in [0.25, 0.3) is 0 Å².